The first-order valence-electron chi connectivity index (χ1n) is 16.5. The second-order valence-corrected chi connectivity index (χ2v) is 12.2. The number of amides is 1. The summed E-state index contributed by atoms with van der Waals surface area (Å²) < 4.78 is 27.8. The van der Waals surface area contributed by atoms with Crippen LogP contribution in [0.3, 0.4) is 0 Å². The molecule has 0 spiro atoms. The topological polar surface area (TPSA) is 137 Å². The Morgan fingerprint density at radius 1 is 0.863 bits per heavy atom. The quantitative estimate of drug-likeness (QED) is 0.164. The van der Waals surface area contributed by atoms with Crippen molar-refractivity contribution in [2.24, 2.45) is 15.2 Å². The predicted molar refractivity (Wildman–Crippen MR) is 193 cm³/mol. The zero-order valence-electron chi connectivity index (χ0n) is 28.8. The SMILES string of the molecule is COc1cc2c(cc1OC)CN(CCc1ccc(C3N=NC(c4cc(OC)c(OC)cc4NC(=O)c4cc(=O)c5ccccc5o4)=N3)cc1)CC2. The molecule has 1 atom stereocenters. The fraction of sp³-hybridized carbons (Fsp3) is 0.256. The van der Waals surface area contributed by atoms with Crippen LogP contribution in [0, 0.1) is 0 Å². The summed E-state index contributed by atoms with van der Waals surface area (Å²) in [5.41, 5.74) is 5.45. The van der Waals surface area contributed by atoms with E-state index < -0.39 is 12.1 Å². The number of carbonyl (C=O) groups excluding carboxylic acids is 1. The number of anilines is 1. The number of aliphatic imine (C=N–C) groups is 1. The molecule has 1 aromatic heterocycles. The smallest absolute Gasteiger partial charge is 0.291 e. The minimum Gasteiger partial charge on any atom is -0.493 e. The molecule has 4 aromatic carbocycles. The van der Waals surface area contributed by atoms with Crippen LogP contribution in [0.2, 0.25) is 0 Å². The maximum atomic E-state index is 13.4. The number of fused-ring (bicyclic) bond motifs is 2. The van der Waals surface area contributed by atoms with Crippen LogP contribution < -0.4 is 29.7 Å². The molecule has 2 aliphatic rings. The molecule has 1 amide bonds. The third-order valence-electron chi connectivity index (χ3n) is 9.17. The van der Waals surface area contributed by atoms with E-state index in [0.29, 0.717) is 39.6 Å². The number of hydrogen-bond donors (Lipinski definition) is 1. The summed E-state index contributed by atoms with van der Waals surface area (Å²) in [5, 5.41) is 12.0. The van der Waals surface area contributed by atoms with Crippen molar-refractivity contribution in [1.29, 1.82) is 0 Å². The van der Waals surface area contributed by atoms with E-state index in [0.717, 1.165) is 49.5 Å². The van der Waals surface area contributed by atoms with Gasteiger partial charge in [0.2, 0.25) is 0 Å². The lowest BCUT2D eigenvalue weighted by atomic mass is 9.98. The van der Waals surface area contributed by atoms with E-state index in [1.54, 1.807) is 50.6 Å². The van der Waals surface area contributed by atoms with Gasteiger partial charge in [-0.3, -0.25) is 14.5 Å². The van der Waals surface area contributed by atoms with Crippen molar-refractivity contribution in [1.82, 2.24) is 4.90 Å². The van der Waals surface area contributed by atoms with Crippen LogP contribution in [0.15, 0.2) is 103 Å². The molecule has 12 nitrogen and oxygen atoms in total. The first kappa shape index (κ1) is 33.5. The van der Waals surface area contributed by atoms with E-state index in [-0.39, 0.29) is 11.2 Å². The second-order valence-electron chi connectivity index (χ2n) is 12.2. The molecule has 260 valence electrons. The van der Waals surface area contributed by atoms with Crippen molar-refractivity contribution in [3.8, 4) is 23.0 Å². The monoisotopic (exact) mass is 687 g/mol. The van der Waals surface area contributed by atoms with Crippen LogP contribution in [0.25, 0.3) is 11.0 Å². The van der Waals surface area contributed by atoms with Crippen molar-refractivity contribution in [3.63, 3.8) is 0 Å². The molecule has 0 radical (unpaired) electrons. The Kier molecular flexibility index (Phi) is 9.49. The minimum absolute atomic E-state index is 0.140. The van der Waals surface area contributed by atoms with Gasteiger partial charge in [0.1, 0.15) is 5.58 Å². The Morgan fingerprint density at radius 3 is 2.29 bits per heavy atom. The maximum absolute atomic E-state index is 13.4. The summed E-state index contributed by atoms with van der Waals surface area (Å²) in [6.07, 6.45) is 1.30. The number of benzene rings is 4. The Bertz CT molecular complexity index is 2230. The molecule has 7 rings (SSSR count). The summed E-state index contributed by atoms with van der Waals surface area (Å²) in [6.45, 7) is 2.77. The van der Waals surface area contributed by atoms with Crippen LogP contribution in [0.4, 0.5) is 5.69 Å². The van der Waals surface area contributed by atoms with Gasteiger partial charge in [0.25, 0.3) is 5.91 Å². The number of nitrogens with one attached hydrogen (secondary N) is 1. The number of para-hydroxylation sites is 1. The van der Waals surface area contributed by atoms with Gasteiger partial charge >= 0.3 is 0 Å². The molecule has 1 unspecified atom stereocenters. The molecular weight excluding hydrogens is 650 g/mol. The Balaban J connectivity index is 1.06. The minimum atomic E-state index is -0.622. The lowest BCUT2D eigenvalue weighted by Crippen LogP contribution is -2.32. The van der Waals surface area contributed by atoms with Gasteiger partial charge in [-0.2, -0.15) is 5.11 Å². The van der Waals surface area contributed by atoms with Crippen molar-refractivity contribution < 1.29 is 28.2 Å². The van der Waals surface area contributed by atoms with E-state index in [9.17, 15) is 9.59 Å². The summed E-state index contributed by atoms with van der Waals surface area (Å²) in [5.74, 6) is 1.87. The van der Waals surface area contributed by atoms with Gasteiger partial charge in [0.05, 0.1) is 39.5 Å². The third kappa shape index (κ3) is 6.90. The highest BCUT2D eigenvalue weighted by Crippen LogP contribution is 2.37. The van der Waals surface area contributed by atoms with E-state index >= 15 is 0 Å². The van der Waals surface area contributed by atoms with Gasteiger partial charge in [0, 0.05) is 42.9 Å². The number of nitrogens with zero attached hydrogens (tertiary/aromatic N) is 4. The zero-order valence-corrected chi connectivity index (χ0v) is 28.8. The van der Waals surface area contributed by atoms with Gasteiger partial charge in [-0.15, -0.1) is 5.11 Å². The number of amidine groups is 1. The molecule has 0 fully saturated rings. The molecular formula is C39H37N5O7. The Hall–Kier alpha value is -6.01. The van der Waals surface area contributed by atoms with E-state index in [4.69, 9.17) is 28.4 Å². The van der Waals surface area contributed by atoms with Gasteiger partial charge in [-0.1, -0.05) is 36.4 Å². The zero-order chi connectivity index (χ0) is 35.5. The van der Waals surface area contributed by atoms with Crippen LogP contribution in [0.1, 0.15) is 44.5 Å². The fourth-order valence-electron chi connectivity index (χ4n) is 6.38. The maximum Gasteiger partial charge on any atom is 0.291 e. The number of carbonyl (C=O) groups is 1. The average molecular weight is 688 g/mol. The second kappa shape index (κ2) is 14.5. The molecule has 2 aliphatic heterocycles. The number of rotatable bonds is 11. The standard InChI is InChI=1S/C39H37N5O7/c1-47-32-17-25-14-16-44(22-26(25)18-33(32)48-2)15-13-23-9-11-24(12-10-23)37-41-38(43-42-37)28-19-34(49-3)35(50-4)20-29(28)40-39(46)36-21-30(45)27-7-5-6-8-31(27)51-36/h5-12,17-21,37H,13-16,22H2,1-4H3,(H,40,46). The first-order valence-corrected chi connectivity index (χ1v) is 16.5. The number of hydrogen-bond acceptors (Lipinski definition) is 11. The molecule has 12 heteroatoms. The molecule has 0 saturated heterocycles. The highest BCUT2D eigenvalue weighted by Gasteiger charge is 2.25. The number of azo groups is 1. The van der Waals surface area contributed by atoms with Crippen LogP contribution in [-0.2, 0) is 19.4 Å². The molecule has 0 aliphatic carbocycles. The Morgan fingerprint density at radius 2 is 1.55 bits per heavy atom. The molecule has 1 N–H and O–H groups in total. The first-order chi connectivity index (χ1) is 24.9. The third-order valence-corrected chi connectivity index (χ3v) is 9.17. The molecule has 0 bridgehead atoms. The largest absolute Gasteiger partial charge is 0.493 e. The van der Waals surface area contributed by atoms with Crippen LogP contribution in [-0.4, -0.2) is 58.2 Å². The van der Waals surface area contributed by atoms with E-state index in [1.165, 1.54) is 37.0 Å². The van der Waals surface area contributed by atoms with E-state index in [2.05, 4.69) is 44.7 Å². The molecule has 51 heavy (non-hydrogen) atoms. The highest BCUT2D eigenvalue weighted by molar-refractivity contribution is 6.11. The van der Waals surface area contributed by atoms with Gasteiger partial charge in [0.15, 0.2) is 46.2 Å². The molecule has 0 saturated carbocycles. The fourth-order valence-corrected chi connectivity index (χ4v) is 6.38. The van der Waals surface area contributed by atoms with Gasteiger partial charge < -0.3 is 28.7 Å². The normalized spacial score (nSPS) is 15.3. The predicted octanol–water partition coefficient (Wildman–Crippen LogP) is 6.59. The van der Waals surface area contributed by atoms with E-state index in [1.807, 2.05) is 12.1 Å². The van der Waals surface area contributed by atoms with Crippen LogP contribution in [0.5, 0.6) is 23.0 Å². The van der Waals surface area contributed by atoms with Crippen LogP contribution >= 0.6 is 0 Å². The average Bonchev–Trinajstić information content (AvgIpc) is 3.66. The lowest BCUT2D eigenvalue weighted by molar-refractivity contribution is 0.0997. The van der Waals surface area contributed by atoms with Crippen molar-refractivity contribution >= 4 is 28.4 Å². The summed E-state index contributed by atoms with van der Waals surface area (Å²) in [7, 11) is 6.35. The molecule has 3 heterocycles. The summed E-state index contributed by atoms with van der Waals surface area (Å²) in [6, 6.07) is 23.6. The summed E-state index contributed by atoms with van der Waals surface area (Å²) in [4.78, 5) is 33.3. The van der Waals surface area contributed by atoms with Crippen molar-refractivity contribution in [3.05, 3.63) is 123 Å². The number of ether oxygens (including phenoxy) is 4. The van der Waals surface area contributed by atoms with Crippen molar-refractivity contribution in [2.45, 2.75) is 25.6 Å². The van der Waals surface area contributed by atoms with Crippen molar-refractivity contribution in [2.75, 3.05) is 46.8 Å². The highest BCUT2D eigenvalue weighted by atomic mass is 16.5. The van der Waals surface area contributed by atoms with Gasteiger partial charge in [-0.25, -0.2) is 4.99 Å². The number of methoxy groups -OCH3 is 4. The van der Waals surface area contributed by atoms with Gasteiger partial charge in [-0.05, 0) is 59.9 Å². The lowest BCUT2D eigenvalue weighted by Gasteiger charge is -2.29. The summed E-state index contributed by atoms with van der Waals surface area (Å²) >= 11 is 0. The molecule has 5 aromatic rings. The Labute approximate surface area is 294 Å².